The molecule has 1 saturated heterocycles. The van der Waals surface area contributed by atoms with Gasteiger partial charge in [0.25, 0.3) is 5.91 Å². The number of likely N-dealkylation sites (tertiary alicyclic amines) is 1. The molecule has 7 nitrogen and oxygen atoms in total. The highest BCUT2D eigenvalue weighted by molar-refractivity contribution is 5.90. The van der Waals surface area contributed by atoms with Gasteiger partial charge in [-0.05, 0) is 38.0 Å². The van der Waals surface area contributed by atoms with Gasteiger partial charge < -0.3 is 15.2 Å². The van der Waals surface area contributed by atoms with Crippen LogP contribution in [0.2, 0.25) is 0 Å². The highest BCUT2D eigenvalue weighted by Gasteiger charge is 2.27. The zero-order valence-electron chi connectivity index (χ0n) is 13.8. The number of hydrogen-bond donors (Lipinski definition) is 2. The minimum atomic E-state index is -0.540. The summed E-state index contributed by atoms with van der Waals surface area (Å²) in [7, 11) is 0. The van der Waals surface area contributed by atoms with Crippen molar-refractivity contribution in [2.45, 2.75) is 38.1 Å². The van der Waals surface area contributed by atoms with Crippen LogP contribution >= 0.6 is 0 Å². The normalized spacial score (nSPS) is 19.2. The van der Waals surface area contributed by atoms with Crippen LogP contribution in [0, 0.1) is 0 Å². The molecule has 3 heterocycles. The molecule has 0 bridgehead atoms. The van der Waals surface area contributed by atoms with Gasteiger partial charge in [0.2, 0.25) is 5.91 Å². The summed E-state index contributed by atoms with van der Waals surface area (Å²) in [6.07, 6.45) is 6.35. The number of nitrogens with two attached hydrogens (primary N) is 1. The van der Waals surface area contributed by atoms with E-state index >= 15 is 0 Å². The highest BCUT2D eigenvalue weighted by atomic mass is 16.2. The number of rotatable bonds is 5. The van der Waals surface area contributed by atoms with Gasteiger partial charge in [-0.3, -0.25) is 14.7 Å². The summed E-state index contributed by atoms with van der Waals surface area (Å²) in [6, 6.07) is 5.77. The molecular weight excluding hydrogens is 306 g/mol. The van der Waals surface area contributed by atoms with Crippen molar-refractivity contribution >= 4 is 11.8 Å². The molecule has 2 aromatic heterocycles. The Hall–Kier alpha value is -2.57. The number of nitrogens with one attached hydrogen (secondary N) is 1. The minimum Gasteiger partial charge on any atom is -0.364 e. The van der Waals surface area contributed by atoms with Gasteiger partial charge in [0.15, 0.2) is 0 Å². The lowest BCUT2D eigenvalue weighted by atomic mass is 9.94. The maximum absolute atomic E-state index is 12.6. The molecule has 3 N–H and O–H groups in total. The Labute approximate surface area is 140 Å². The zero-order valence-corrected chi connectivity index (χ0v) is 13.8. The Balaban J connectivity index is 1.62. The standard InChI is InChI=1S/C17H23N5O2/c1-12(21-6-2-3-7-21)9-16(23)22-8-4-5-13(11-22)14-10-15(17(18)24)20-19-14/h2-3,6-7,10,12-13H,4-5,8-9,11H2,1H3,(H2,18,24)(H,19,20)/t12-,13-/m1/s1. The van der Waals surface area contributed by atoms with E-state index in [1.165, 1.54) is 0 Å². The SMILES string of the molecule is C[C@H](CC(=O)N1CCC[C@@H](c2cc(C(N)=O)n[nH]2)C1)n1cccc1. The van der Waals surface area contributed by atoms with E-state index in [9.17, 15) is 9.59 Å². The number of hydrogen-bond acceptors (Lipinski definition) is 3. The summed E-state index contributed by atoms with van der Waals surface area (Å²) in [6.45, 7) is 3.48. The summed E-state index contributed by atoms with van der Waals surface area (Å²) in [5.41, 5.74) is 6.36. The van der Waals surface area contributed by atoms with E-state index in [1.807, 2.05) is 40.9 Å². The first-order valence-electron chi connectivity index (χ1n) is 8.30. The maximum atomic E-state index is 12.6. The lowest BCUT2D eigenvalue weighted by Crippen LogP contribution is -2.39. The molecule has 0 radical (unpaired) electrons. The van der Waals surface area contributed by atoms with E-state index in [2.05, 4.69) is 10.2 Å². The molecule has 0 unspecified atom stereocenters. The monoisotopic (exact) mass is 329 g/mol. The summed E-state index contributed by atoms with van der Waals surface area (Å²) in [5.74, 6) is -0.206. The molecule has 1 aliphatic rings. The lowest BCUT2D eigenvalue weighted by molar-refractivity contribution is -0.133. The number of primary amides is 1. The molecule has 2 atom stereocenters. The molecule has 0 spiro atoms. The van der Waals surface area contributed by atoms with E-state index in [1.54, 1.807) is 6.07 Å². The van der Waals surface area contributed by atoms with Gasteiger partial charge in [0.05, 0.1) is 0 Å². The van der Waals surface area contributed by atoms with Crippen LogP contribution in [0.5, 0.6) is 0 Å². The average molecular weight is 329 g/mol. The van der Waals surface area contributed by atoms with E-state index in [0.717, 1.165) is 25.1 Å². The molecule has 128 valence electrons. The topological polar surface area (TPSA) is 97.0 Å². The van der Waals surface area contributed by atoms with Crippen molar-refractivity contribution in [3.05, 3.63) is 42.0 Å². The first-order chi connectivity index (χ1) is 11.5. The van der Waals surface area contributed by atoms with Crippen LogP contribution in [0.3, 0.4) is 0 Å². The van der Waals surface area contributed by atoms with Crippen molar-refractivity contribution in [2.24, 2.45) is 5.73 Å². The number of carbonyl (C=O) groups excluding carboxylic acids is 2. The number of amides is 2. The van der Waals surface area contributed by atoms with Crippen molar-refractivity contribution in [2.75, 3.05) is 13.1 Å². The number of aromatic amines is 1. The molecule has 1 fully saturated rings. The lowest BCUT2D eigenvalue weighted by Gasteiger charge is -2.33. The van der Waals surface area contributed by atoms with Crippen LogP contribution in [0.15, 0.2) is 30.6 Å². The second-order valence-electron chi connectivity index (χ2n) is 6.44. The number of aromatic nitrogens is 3. The number of nitrogens with zero attached hydrogens (tertiary/aromatic N) is 3. The summed E-state index contributed by atoms with van der Waals surface area (Å²) in [4.78, 5) is 25.7. The quantitative estimate of drug-likeness (QED) is 0.873. The molecule has 3 rings (SSSR count). The molecule has 24 heavy (non-hydrogen) atoms. The highest BCUT2D eigenvalue weighted by Crippen LogP contribution is 2.27. The molecule has 2 aromatic rings. The third kappa shape index (κ3) is 3.50. The molecule has 1 aliphatic heterocycles. The van der Waals surface area contributed by atoms with Gasteiger partial charge in [-0.2, -0.15) is 5.10 Å². The van der Waals surface area contributed by atoms with Crippen LogP contribution in [0.25, 0.3) is 0 Å². The van der Waals surface area contributed by atoms with Crippen LogP contribution in [0.4, 0.5) is 0 Å². The second-order valence-corrected chi connectivity index (χ2v) is 6.44. The Morgan fingerprint density at radius 1 is 1.42 bits per heavy atom. The second kappa shape index (κ2) is 6.90. The van der Waals surface area contributed by atoms with Crippen LogP contribution in [0.1, 0.15) is 54.3 Å². The predicted octanol–water partition coefficient (Wildman–Crippen LogP) is 1.67. The van der Waals surface area contributed by atoms with E-state index in [4.69, 9.17) is 5.73 Å². The van der Waals surface area contributed by atoms with E-state index in [-0.39, 0.29) is 23.6 Å². The van der Waals surface area contributed by atoms with Crippen LogP contribution < -0.4 is 5.73 Å². The first-order valence-corrected chi connectivity index (χ1v) is 8.30. The average Bonchev–Trinajstić information content (AvgIpc) is 3.26. The molecule has 2 amide bonds. The largest absolute Gasteiger partial charge is 0.364 e. The molecule has 7 heteroatoms. The summed E-state index contributed by atoms with van der Waals surface area (Å²) in [5, 5.41) is 6.82. The Bertz CT molecular complexity index is 706. The number of H-pyrrole nitrogens is 1. The van der Waals surface area contributed by atoms with E-state index < -0.39 is 5.91 Å². The fourth-order valence-corrected chi connectivity index (χ4v) is 3.26. The Morgan fingerprint density at radius 3 is 2.83 bits per heavy atom. The first kappa shape index (κ1) is 16.3. The summed E-state index contributed by atoms with van der Waals surface area (Å²) >= 11 is 0. The zero-order chi connectivity index (χ0) is 17.1. The van der Waals surface area contributed by atoms with Gasteiger partial charge in [-0.25, -0.2) is 0 Å². The molecule has 0 aromatic carbocycles. The van der Waals surface area contributed by atoms with Crippen molar-refractivity contribution in [1.82, 2.24) is 19.7 Å². The van der Waals surface area contributed by atoms with Crippen molar-refractivity contribution in [3.8, 4) is 0 Å². The van der Waals surface area contributed by atoms with Crippen LogP contribution in [-0.4, -0.2) is 44.6 Å². The van der Waals surface area contributed by atoms with Crippen molar-refractivity contribution < 1.29 is 9.59 Å². The third-order valence-electron chi connectivity index (χ3n) is 4.67. The fraction of sp³-hybridized carbons (Fsp3) is 0.471. The summed E-state index contributed by atoms with van der Waals surface area (Å²) < 4.78 is 2.05. The molecule has 0 aliphatic carbocycles. The number of carbonyl (C=O) groups is 2. The Kier molecular flexibility index (Phi) is 4.69. The van der Waals surface area contributed by atoms with Gasteiger partial charge >= 0.3 is 0 Å². The fourth-order valence-electron chi connectivity index (χ4n) is 3.26. The maximum Gasteiger partial charge on any atom is 0.269 e. The van der Waals surface area contributed by atoms with Crippen molar-refractivity contribution in [1.29, 1.82) is 0 Å². The molecular formula is C17H23N5O2. The smallest absolute Gasteiger partial charge is 0.269 e. The van der Waals surface area contributed by atoms with Crippen molar-refractivity contribution in [3.63, 3.8) is 0 Å². The van der Waals surface area contributed by atoms with Gasteiger partial charge in [0.1, 0.15) is 5.69 Å². The van der Waals surface area contributed by atoms with Gasteiger partial charge in [-0.15, -0.1) is 0 Å². The van der Waals surface area contributed by atoms with Gasteiger partial charge in [0, 0.05) is 49.6 Å². The Morgan fingerprint density at radius 2 is 2.17 bits per heavy atom. The molecule has 0 saturated carbocycles. The predicted molar refractivity (Wildman–Crippen MR) is 89.4 cm³/mol. The van der Waals surface area contributed by atoms with Gasteiger partial charge in [-0.1, -0.05) is 0 Å². The van der Waals surface area contributed by atoms with Crippen LogP contribution in [-0.2, 0) is 4.79 Å². The third-order valence-corrected chi connectivity index (χ3v) is 4.67. The number of piperidine rings is 1. The minimum absolute atomic E-state index is 0.140. The van der Waals surface area contributed by atoms with E-state index in [0.29, 0.717) is 13.0 Å².